The number of aromatic nitrogens is 1. The minimum atomic E-state index is -0.150. The van der Waals surface area contributed by atoms with Gasteiger partial charge in [-0.2, -0.15) is 0 Å². The van der Waals surface area contributed by atoms with Crippen molar-refractivity contribution in [3.8, 4) is 5.75 Å². The molecule has 176 valence electrons. The van der Waals surface area contributed by atoms with Crippen LogP contribution in [0.3, 0.4) is 0 Å². The number of methoxy groups -OCH3 is 2. The standard InChI is InChI=1S/C25H32N4O4/c1-16-21(5-4-6-22(16)33-3)25(31)28-18-13-19-8-9-20(14-18)29(19)23-10-7-17(15-27-23)24(30)26-11-12-32-2/h4-7,10,15,18-20H,8-9,11-14H2,1-3H3,(H,26,30)(H,28,31). The van der Waals surface area contributed by atoms with E-state index in [4.69, 9.17) is 9.47 Å². The van der Waals surface area contributed by atoms with Gasteiger partial charge in [0.05, 0.1) is 19.3 Å². The molecule has 2 N–H and O–H groups in total. The maximum Gasteiger partial charge on any atom is 0.252 e. The van der Waals surface area contributed by atoms with Crippen molar-refractivity contribution >= 4 is 17.6 Å². The Kier molecular flexibility index (Phi) is 7.13. The summed E-state index contributed by atoms with van der Waals surface area (Å²) in [6, 6.07) is 10.1. The second-order valence-corrected chi connectivity index (χ2v) is 8.72. The van der Waals surface area contributed by atoms with Crippen LogP contribution in [-0.2, 0) is 4.74 Å². The van der Waals surface area contributed by atoms with Crippen LogP contribution in [0.2, 0.25) is 0 Å². The molecule has 2 atom stereocenters. The van der Waals surface area contributed by atoms with E-state index in [0.29, 0.717) is 36.4 Å². The lowest BCUT2D eigenvalue weighted by Crippen LogP contribution is -2.50. The smallest absolute Gasteiger partial charge is 0.252 e. The minimum absolute atomic E-state index is 0.0498. The predicted molar refractivity (Wildman–Crippen MR) is 126 cm³/mol. The number of hydrogen-bond donors (Lipinski definition) is 2. The number of pyridine rings is 1. The minimum Gasteiger partial charge on any atom is -0.496 e. The Hall–Kier alpha value is -3.13. The summed E-state index contributed by atoms with van der Waals surface area (Å²) in [5.74, 6) is 1.42. The molecule has 2 aliphatic heterocycles. The first-order valence-corrected chi connectivity index (χ1v) is 11.5. The number of carbonyl (C=O) groups is 2. The molecule has 0 aliphatic carbocycles. The van der Waals surface area contributed by atoms with Crippen LogP contribution in [0.4, 0.5) is 5.82 Å². The maximum absolute atomic E-state index is 12.9. The zero-order valence-electron chi connectivity index (χ0n) is 19.5. The van der Waals surface area contributed by atoms with E-state index in [2.05, 4.69) is 20.5 Å². The topological polar surface area (TPSA) is 92.8 Å². The molecule has 2 bridgehead atoms. The van der Waals surface area contributed by atoms with E-state index < -0.39 is 0 Å². The molecule has 8 nitrogen and oxygen atoms in total. The largest absolute Gasteiger partial charge is 0.496 e. The van der Waals surface area contributed by atoms with E-state index in [1.165, 1.54) is 0 Å². The molecule has 0 saturated carbocycles. The molecule has 1 aromatic heterocycles. The Bertz CT molecular complexity index is 980. The number of amides is 2. The number of fused-ring (bicyclic) bond motifs is 2. The molecule has 0 radical (unpaired) electrons. The van der Waals surface area contributed by atoms with Crippen molar-refractivity contribution in [2.24, 2.45) is 0 Å². The lowest BCUT2D eigenvalue weighted by molar-refractivity contribution is 0.0922. The van der Waals surface area contributed by atoms with E-state index in [1.807, 2.05) is 37.3 Å². The monoisotopic (exact) mass is 452 g/mol. The van der Waals surface area contributed by atoms with Crippen LogP contribution in [-0.4, -0.2) is 62.3 Å². The van der Waals surface area contributed by atoms with Crippen LogP contribution >= 0.6 is 0 Å². The molecule has 4 rings (SSSR count). The van der Waals surface area contributed by atoms with Crippen molar-refractivity contribution in [2.75, 3.05) is 32.3 Å². The SMILES string of the molecule is COCCNC(=O)c1ccc(N2C3CCC2CC(NC(=O)c2cccc(OC)c2C)C3)nc1. The van der Waals surface area contributed by atoms with Crippen molar-refractivity contribution in [1.82, 2.24) is 15.6 Å². The van der Waals surface area contributed by atoms with Gasteiger partial charge in [-0.3, -0.25) is 9.59 Å². The number of nitrogens with one attached hydrogen (secondary N) is 2. The summed E-state index contributed by atoms with van der Waals surface area (Å²) in [5, 5.41) is 6.06. The summed E-state index contributed by atoms with van der Waals surface area (Å²) in [5.41, 5.74) is 2.05. The van der Waals surface area contributed by atoms with Gasteiger partial charge >= 0.3 is 0 Å². The van der Waals surface area contributed by atoms with Crippen LogP contribution in [0, 0.1) is 6.92 Å². The van der Waals surface area contributed by atoms with Gasteiger partial charge < -0.3 is 25.0 Å². The highest BCUT2D eigenvalue weighted by Crippen LogP contribution is 2.38. The highest BCUT2D eigenvalue weighted by Gasteiger charge is 2.41. The fraction of sp³-hybridized carbons (Fsp3) is 0.480. The molecule has 33 heavy (non-hydrogen) atoms. The third-order valence-corrected chi connectivity index (χ3v) is 6.68. The molecule has 3 heterocycles. The van der Waals surface area contributed by atoms with Gasteiger partial charge in [-0.05, 0) is 56.9 Å². The molecule has 2 amide bonds. The predicted octanol–water partition coefficient (Wildman–Crippen LogP) is 2.70. The van der Waals surface area contributed by atoms with Crippen molar-refractivity contribution < 1.29 is 19.1 Å². The van der Waals surface area contributed by atoms with E-state index >= 15 is 0 Å². The maximum atomic E-state index is 12.9. The molecule has 2 fully saturated rings. The van der Waals surface area contributed by atoms with Gasteiger partial charge in [-0.15, -0.1) is 0 Å². The molecule has 2 saturated heterocycles. The van der Waals surface area contributed by atoms with E-state index in [-0.39, 0.29) is 17.9 Å². The molecule has 2 aromatic rings. The van der Waals surface area contributed by atoms with Crippen LogP contribution in [0.1, 0.15) is 52.0 Å². The highest BCUT2D eigenvalue weighted by molar-refractivity contribution is 5.96. The summed E-state index contributed by atoms with van der Waals surface area (Å²) < 4.78 is 10.3. The fourth-order valence-electron chi connectivity index (χ4n) is 5.06. The van der Waals surface area contributed by atoms with E-state index in [9.17, 15) is 9.59 Å². The summed E-state index contributed by atoms with van der Waals surface area (Å²) in [6.07, 6.45) is 5.56. The van der Waals surface area contributed by atoms with Gasteiger partial charge in [0, 0.05) is 49.1 Å². The van der Waals surface area contributed by atoms with Gasteiger partial charge in [0.1, 0.15) is 11.6 Å². The van der Waals surface area contributed by atoms with Crippen molar-refractivity contribution in [1.29, 1.82) is 0 Å². The van der Waals surface area contributed by atoms with Crippen molar-refractivity contribution in [3.05, 3.63) is 53.2 Å². The average molecular weight is 453 g/mol. The number of anilines is 1. The quantitative estimate of drug-likeness (QED) is 0.599. The van der Waals surface area contributed by atoms with Gasteiger partial charge in [-0.25, -0.2) is 4.98 Å². The van der Waals surface area contributed by atoms with Crippen LogP contribution < -0.4 is 20.3 Å². The lowest BCUT2D eigenvalue weighted by Gasteiger charge is -2.40. The Labute approximate surface area is 194 Å². The zero-order chi connectivity index (χ0) is 23.4. The first-order valence-electron chi connectivity index (χ1n) is 11.5. The molecule has 1 aromatic carbocycles. The van der Waals surface area contributed by atoms with Crippen LogP contribution in [0.25, 0.3) is 0 Å². The molecule has 0 spiro atoms. The van der Waals surface area contributed by atoms with E-state index in [0.717, 1.165) is 42.8 Å². The zero-order valence-corrected chi connectivity index (χ0v) is 19.5. The lowest BCUT2D eigenvalue weighted by atomic mass is 9.96. The summed E-state index contributed by atoms with van der Waals surface area (Å²) in [6.45, 7) is 2.85. The third kappa shape index (κ3) is 4.95. The Morgan fingerprint density at radius 2 is 1.85 bits per heavy atom. The summed E-state index contributed by atoms with van der Waals surface area (Å²) >= 11 is 0. The second-order valence-electron chi connectivity index (χ2n) is 8.72. The molecular formula is C25H32N4O4. The Morgan fingerprint density at radius 3 is 2.48 bits per heavy atom. The first kappa shape index (κ1) is 23.0. The van der Waals surface area contributed by atoms with Crippen molar-refractivity contribution in [2.45, 2.75) is 50.7 Å². The van der Waals surface area contributed by atoms with Crippen LogP contribution in [0.5, 0.6) is 5.75 Å². The molecular weight excluding hydrogens is 420 g/mol. The van der Waals surface area contributed by atoms with Gasteiger partial charge in [0.15, 0.2) is 0 Å². The molecule has 2 aliphatic rings. The number of benzene rings is 1. The Morgan fingerprint density at radius 1 is 1.09 bits per heavy atom. The summed E-state index contributed by atoms with van der Waals surface area (Å²) in [7, 11) is 3.22. The number of ether oxygens (including phenoxy) is 2. The van der Waals surface area contributed by atoms with E-state index in [1.54, 1.807) is 20.4 Å². The number of hydrogen-bond acceptors (Lipinski definition) is 6. The van der Waals surface area contributed by atoms with Crippen molar-refractivity contribution in [3.63, 3.8) is 0 Å². The number of rotatable bonds is 8. The average Bonchev–Trinajstić information content (AvgIpc) is 3.09. The van der Waals surface area contributed by atoms with Gasteiger partial charge in [0.25, 0.3) is 11.8 Å². The summed E-state index contributed by atoms with van der Waals surface area (Å²) in [4.78, 5) is 32.1. The van der Waals surface area contributed by atoms with Gasteiger partial charge in [-0.1, -0.05) is 6.07 Å². The third-order valence-electron chi connectivity index (χ3n) is 6.68. The van der Waals surface area contributed by atoms with Crippen LogP contribution in [0.15, 0.2) is 36.5 Å². The number of carbonyl (C=O) groups excluding carboxylic acids is 2. The first-order chi connectivity index (χ1) is 16.0. The second kappa shape index (κ2) is 10.2. The normalized spacial score (nSPS) is 21.5. The fourth-order valence-corrected chi connectivity index (χ4v) is 5.06. The molecule has 8 heteroatoms. The number of piperidine rings is 1. The Balaban J connectivity index is 1.38. The molecule has 2 unspecified atom stereocenters. The number of nitrogens with zero attached hydrogens (tertiary/aromatic N) is 2. The highest BCUT2D eigenvalue weighted by atomic mass is 16.5. The van der Waals surface area contributed by atoms with Gasteiger partial charge in [0.2, 0.25) is 0 Å².